The summed E-state index contributed by atoms with van der Waals surface area (Å²) in [7, 11) is 0. The molecule has 1 aliphatic heterocycles. The van der Waals surface area contributed by atoms with E-state index in [2.05, 4.69) is 10.6 Å². The van der Waals surface area contributed by atoms with Crippen LogP contribution in [-0.2, 0) is 9.59 Å². The Morgan fingerprint density at radius 3 is 2.56 bits per heavy atom. The summed E-state index contributed by atoms with van der Waals surface area (Å²) in [6.45, 7) is 5.59. The van der Waals surface area contributed by atoms with Crippen LogP contribution in [0.25, 0.3) is 0 Å². The maximum Gasteiger partial charge on any atom is 0.305 e. The highest BCUT2D eigenvalue weighted by molar-refractivity contribution is 8.14. The van der Waals surface area contributed by atoms with Crippen molar-refractivity contribution in [3.8, 4) is 0 Å². The largest absolute Gasteiger partial charge is 0.481 e. The van der Waals surface area contributed by atoms with Gasteiger partial charge in [-0.15, -0.1) is 0 Å². The van der Waals surface area contributed by atoms with Gasteiger partial charge in [-0.3, -0.25) is 14.4 Å². The van der Waals surface area contributed by atoms with Crippen LogP contribution in [0.15, 0.2) is 0 Å². The predicted molar refractivity (Wildman–Crippen MR) is 68.4 cm³/mol. The van der Waals surface area contributed by atoms with Crippen LogP contribution >= 0.6 is 11.8 Å². The average Bonchev–Trinajstić information content (AvgIpc) is 2.61. The van der Waals surface area contributed by atoms with Crippen molar-refractivity contribution in [1.29, 1.82) is 0 Å². The molecule has 1 aliphatic rings. The van der Waals surface area contributed by atoms with E-state index < -0.39 is 18.1 Å². The number of rotatable bonds is 4. The molecular weight excluding hydrogens is 256 g/mol. The molecule has 1 heterocycles. The van der Waals surface area contributed by atoms with Crippen molar-refractivity contribution in [1.82, 2.24) is 10.6 Å². The number of aliphatic carboxylic acids is 1. The van der Waals surface area contributed by atoms with Gasteiger partial charge in [-0.1, -0.05) is 32.5 Å². The van der Waals surface area contributed by atoms with Crippen molar-refractivity contribution < 1.29 is 19.5 Å². The quantitative estimate of drug-likeness (QED) is 0.705. The highest BCUT2D eigenvalue weighted by Crippen LogP contribution is 2.22. The zero-order valence-corrected chi connectivity index (χ0v) is 11.5. The molecule has 18 heavy (non-hydrogen) atoms. The summed E-state index contributed by atoms with van der Waals surface area (Å²) in [5, 5.41) is 13.9. The van der Waals surface area contributed by atoms with Gasteiger partial charge in [0.05, 0.1) is 6.42 Å². The first-order valence-corrected chi connectivity index (χ1v) is 6.64. The zero-order valence-electron chi connectivity index (χ0n) is 10.6. The number of carbonyl (C=O) groups is 3. The smallest absolute Gasteiger partial charge is 0.305 e. The minimum absolute atomic E-state index is 0.136. The third kappa shape index (κ3) is 4.21. The summed E-state index contributed by atoms with van der Waals surface area (Å²) < 4.78 is 0. The summed E-state index contributed by atoms with van der Waals surface area (Å²) in [4.78, 5) is 33.7. The Labute approximate surface area is 110 Å². The molecule has 1 rings (SSSR count). The topological polar surface area (TPSA) is 95.5 Å². The SMILES string of the molecule is CC(C)(C)C(CC(=O)O)NC(=O)C1CSC(=O)N1. The van der Waals surface area contributed by atoms with E-state index in [1.807, 2.05) is 20.8 Å². The van der Waals surface area contributed by atoms with Gasteiger partial charge >= 0.3 is 5.97 Å². The number of carboxylic acid groups (broad SMARTS) is 1. The molecule has 102 valence electrons. The lowest BCUT2D eigenvalue weighted by molar-refractivity contribution is -0.138. The van der Waals surface area contributed by atoms with Gasteiger partial charge in [-0.25, -0.2) is 0 Å². The molecule has 1 fully saturated rings. The van der Waals surface area contributed by atoms with Crippen LogP contribution in [0.2, 0.25) is 0 Å². The maximum absolute atomic E-state index is 11.9. The summed E-state index contributed by atoms with van der Waals surface area (Å²) in [6, 6.07) is -1.04. The van der Waals surface area contributed by atoms with Crippen LogP contribution in [0.3, 0.4) is 0 Å². The number of nitrogens with one attached hydrogen (secondary N) is 2. The van der Waals surface area contributed by atoms with E-state index in [0.717, 1.165) is 11.8 Å². The van der Waals surface area contributed by atoms with Crippen molar-refractivity contribution in [2.45, 2.75) is 39.3 Å². The second-order valence-corrected chi connectivity index (χ2v) is 6.31. The third-order valence-corrected chi connectivity index (χ3v) is 3.61. The minimum Gasteiger partial charge on any atom is -0.481 e. The first kappa shape index (κ1) is 14.8. The summed E-state index contributed by atoms with van der Waals surface area (Å²) in [5.41, 5.74) is -0.357. The van der Waals surface area contributed by atoms with E-state index in [9.17, 15) is 14.4 Å². The van der Waals surface area contributed by atoms with Gasteiger partial charge in [0.1, 0.15) is 6.04 Å². The van der Waals surface area contributed by atoms with Crippen LogP contribution in [0.1, 0.15) is 27.2 Å². The van der Waals surface area contributed by atoms with Gasteiger partial charge in [0.15, 0.2) is 0 Å². The van der Waals surface area contributed by atoms with Crippen LogP contribution in [0.5, 0.6) is 0 Å². The Morgan fingerprint density at radius 2 is 2.17 bits per heavy atom. The van der Waals surface area contributed by atoms with Gasteiger partial charge in [0.2, 0.25) is 5.91 Å². The number of carbonyl (C=O) groups excluding carboxylic acids is 2. The Balaban J connectivity index is 2.63. The molecule has 7 heteroatoms. The first-order chi connectivity index (χ1) is 8.20. The van der Waals surface area contributed by atoms with E-state index >= 15 is 0 Å². The fraction of sp³-hybridized carbons (Fsp3) is 0.727. The molecule has 0 saturated carbocycles. The molecule has 2 unspecified atom stereocenters. The number of hydrogen-bond acceptors (Lipinski definition) is 4. The van der Waals surface area contributed by atoms with Crippen molar-refractivity contribution in [2.24, 2.45) is 5.41 Å². The van der Waals surface area contributed by atoms with Crippen molar-refractivity contribution >= 4 is 28.9 Å². The predicted octanol–water partition coefficient (Wildman–Crippen LogP) is 0.817. The third-order valence-electron chi connectivity index (χ3n) is 2.73. The molecule has 0 aromatic carbocycles. The van der Waals surface area contributed by atoms with E-state index in [0.29, 0.717) is 5.75 Å². The summed E-state index contributed by atoms with van der Waals surface area (Å²) >= 11 is 1.05. The average molecular weight is 274 g/mol. The Morgan fingerprint density at radius 1 is 1.56 bits per heavy atom. The van der Waals surface area contributed by atoms with Gasteiger partial charge in [-0.2, -0.15) is 0 Å². The number of carboxylic acids is 1. The van der Waals surface area contributed by atoms with Crippen molar-refractivity contribution in [3.63, 3.8) is 0 Å². The van der Waals surface area contributed by atoms with Crippen LogP contribution in [-0.4, -0.2) is 40.1 Å². The minimum atomic E-state index is -0.958. The molecule has 0 spiro atoms. The van der Waals surface area contributed by atoms with E-state index in [-0.39, 0.29) is 23.0 Å². The normalized spacial score (nSPS) is 21.3. The van der Waals surface area contributed by atoms with E-state index in [1.54, 1.807) is 0 Å². The fourth-order valence-corrected chi connectivity index (χ4v) is 2.32. The standard InChI is InChI=1S/C11H18N2O4S/c1-11(2,3)7(4-8(14)15)13-9(16)6-5-18-10(17)12-6/h6-7H,4-5H2,1-3H3,(H,12,17)(H,13,16)(H,14,15). The van der Waals surface area contributed by atoms with Crippen molar-refractivity contribution in [2.75, 3.05) is 5.75 Å². The lowest BCUT2D eigenvalue weighted by atomic mass is 9.84. The highest BCUT2D eigenvalue weighted by Gasteiger charge is 2.33. The second-order valence-electron chi connectivity index (χ2n) is 5.32. The molecule has 0 aromatic rings. The van der Waals surface area contributed by atoms with Crippen LogP contribution < -0.4 is 10.6 Å². The molecular formula is C11H18N2O4S. The van der Waals surface area contributed by atoms with Crippen LogP contribution in [0.4, 0.5) is 4.79 Å². The summed E-state index contributed by atoms with van der Waals surface area (Å²) in [5.74, 6) is -0.899. The lowest BCUT2D eigenvalue weighted by Gasteiger charge is -2.31. The molecule has 6 nitrogen and oxygen atoms in total. The molecule has 2 atom stereocenters. The Hall–Kier alpha value is -1.24. The van der Waals surface area contributed by atoms with Gasteiger partial charge in [-0.05, 0) is 5.41 Å². The maximum atomic E-state index is 11.9. The molecule has 0 radical (unpaired) electrons. The van der Waals surface area contributed by atoms with E-state index in [1.165, 1.54) is 0 Å². The monoisotopic (exact) mass is 274 g/mol. The van der Waals surface area contributed by atoms with Gasteiger partial charge in [0, 0.05) is 11.8 Å². The fourth-order valence-electron chi connectivity index (χ4n) is 1.55. The second kappa shape index (κ2) is 5.60. The van der Waals surface area contributed by atoms with Crippen LogP contribution in [0, 0.1) is 5.41 Å². The summed E-state index contributed by atoms with van der Waals surface area (Å²) in [6.07, 6.45) is -0.136. The first-order valence-electron chi connectivity index (χ1n) is 5.65. The van der Waals surface area contributed by atoms with Gasteiger partial charge in [0.25, 0.3) is 5.24 Å². The molecule has 2 amide bonds. The van der Waals surface area contributed by atoms with Crippen molar-refractivity contribution in [3.05, 3.63) is 0 Å². The van der Waals surface area contributed by atoms with E-state index in [4.69, 9.17) is 5.11 Å². The zero-order chi connectivity index (χ0) is 13.9. The Bertz CT molecular complexity index is 365. The molecule has 3 N–H and O–H groups in total. The lowest BCUT2D eigenvalue weighted by Crippen LogP contribution is -2.51. The number of hydrogen-bond donors (Lipinski definition) is 3. The highest BCUT2D eigenvalue weighted by atomic mass is 32.2. The molecule has 1 saturated heterocycles. The molecule has 0 bridgehead atoms. The van der Waals surface area contributed by atoms with Gasteiger partial charge < -0.3 is 15.7 Å². The molecule has 0 aromatic heterocycles. The number of thioether (sulfide) groups is 1. The molecule has 0 aliphatic carbocycles. The number of amides is 2. The Kier molecular flexibility index (Phi) is 4.61.